The smallest absolute Gasteiger partial charge is 0.262 e. The third kappa shape index (κ3) is 5.25. The Morgan fingerprint density at radius 2 is 1.89 bits per heavy atom. The monoisotopic (exact) mass is 392 g/mol. The molecule has 0 aromatic heterocycles. The Balaban J connectivity index is 1.58. The Labute approximate surface area is 162 Å². The predicted molar refractivity (Wildman–Crippen MR) is 99.8 cm³/mol. The van der Waals surface area contributed by atoms with E-state index < -0.39 is 30.8 Å². The van der Waals surface area contributed by atoms with Crippen molar-refractivity contribution in [1.29, 1.82) is 0 Å². The number of nitrogens with one attached hydrogen (secondary N) is 1. The van der Waals surface area contributed by atoms with Gasteiger partial charge in [0.15, 0.2) is 0 Å². The molecular formula is C21H23F3N2O2. The molecule has 1 fully saturated rings. The highest BCUT2D eigenvalue weighted by Gasteiger charge is 2.47. The van der Waals surface area contributed by atoms with Crippen molar-refractivity contribution in [1.82, 2.24) is 10.2 Å². The van der Waals surface area contributed by atoms with Crippen molar-refractivity contribution in [2.24, 2.45) is 0 Å². The Morgan fingerprint density at radius 1 is 1.21 bits per heavy atom. The van der Waals surface area contributed by atoms with E-state index in [9.17, 15) is 18.0 Å². The van der Waals surface area contributed by atoms with E-state index in [1.165, 1.54) is 29.2 Å². The van der Waals surface area contributed by atoms with Crippen LogP contribution < -0.4 is 10.1 Å². The maximum absolute atomic E-state index is 14.0. The maximum atomic E-state index is 14.0. The second-order valence-electron chi connectivity index (χ2n) is 6.99. The first-order chi connectivity index (χ1) is 13.3. The van der Waals surface area contributed by atoms with Gasteiger partial charge in [-0.05, 0) is 36.8 Å². The van der Waals surface area contributed by atoms with Crippen molar-refractivity contribution in [2.75, 3.05) is 19.7 Å². The molecule has 1 unspecified atom stereocenters. The molecule has 0 spiro atoms. The molecule has 1 heterocycles. The molecule has 3 rings (SSSR count). The van der Waals surface area contributed by atoms with Crippen LogP contribution in [0.2, 0.25) is 0 Å². The molecule has 28 heavy (non-hydrogen) atoms. The maximum Gasteiger partial charge on any atom is 0.262 e. The average Bonchev–Trinajstić information content (AvgIpc) is 2.99. The van der Waals surface area contributed by atoms with Crippen LogP contribution in [0.15, 0.2) is 54.6 Å². The number of carbonyl (C=O) groups is 1. The van der Waals surface area contributed by atoms with E-state index in [1.54, 1.807) is 0 Å². The molecule has 1 aliphatic heterocycles. The lowest BCUT2D eigenvalue weighted by Crippen LogP contribution is -2.45. The van der Waals surface area contributed by atoms with Gasteiger partial charge in [-0.1, -0.05) is 30.3 Å². The fraction of sp³-hybridized carbons (Fsp3) is 0.381. The molecule has 2 atom stereocenters. The third-order valence-electron chi connectivity index (χ3n) is 4.79. The van der Waals surface area contributed by atoms with Crippen LogP contribution in [0.1, 0.15) is 24.9 Å². The van der Waals surface area contributed by atoms with Gasteiger partial charge in [0.05, 0.1) is 18.6 Å². The van der Waals surface area contributed by atoms with Crippen LogP contribution >= 0.6 is 0 Å². The first kappa shape index (κ1) is 20.2. The van der Waals surface area contributed by atoms with E-state index in [2.05, 4.69) is 5.32 Å². The molecule has 1 aliphatic rings. The standard InChI is InChI=1S/C21H23F3N2O2/c1-15(16-5-3-2-4-6-16)25-20(27)19-13-21(23,24)14-26(19)11-12-28-18-9-7-17(22)8-10-18/h2-10,15,19H,11-14H2,1H3,(H,25,27)/t15?,19-/m1/s1. The molecule has 0 bridgehead atoms. The Hall–Kier alpha value is -2.54. The minimum Gasteiger partial charge on any atom is -0.492 e. The highest BCUT2D eigenvalue weighted by molar-refractivity contribution is 5.82. The topological polar surface area (TPSA) is 41.6 Å². The molecule has 2 aromatic rings. The molecule has 0 saturated carbocycles. The first-order valence-corrected chi connectivity index (χ1v) is 9.20. The summed E-state index contributed by atoms with van der Waals surface area (Å²) in [6.07, 6.45) is -0.517. The van der Waals surface area contributed by atoms with E-state index in [1.807, 2.05) is 37.3 Å². The van der Waals surface area contributed by atoms with Gasteiger partial charge in [-0.25, -0.2) is 13.2 Å². The second-order valence-corrected chi connectivity index (χ2v) is 6.99. The number of likely N-dealkylation sites (tertiary alicyclic amines) is 1. The zero-order valence-electron chi connectivity index (χ0n) is 15.6. The lowest BCUT2D eigenvalue weighted by Gasteiger charge is -2.24. The summed E-state index contributed by atoms with van der Waals surface area (Å²) in [4.78, 5) is 14.1. The molecule has 1 amide bonds. The predicted octanol–water partition coefficient (Wildman–Crippen LogP) is 3.79. The van der Waals surface area contributed by atoms with Crippen molar-refractivity contribution < 1.29 is 22.7 Å². The number of nitrogens with zero attached hydrogens (tertiary/aromatic N) is 1. The summed E-state index contributed by atoms with van der Waals surface area (Å²) in [5, 5.41) is 2.82. The molecule has 0 radical (unpaired) electrons. The summed E-state index contributed by atoms with van der Waals surface area (Å²) in [6, 6.07) is 13.6. The summed E-state index contributed by atoms with van der Waals surface area (Å²) in [5.74, 6) is -3.27. The van der Waals surface area contributed by atoms with Crippen molar-refractivity contribution in [3.63, 3.8) is 0 Å². The third-order valence-corrected chi connectivity index (χ3v) is 4.79. The summed E-state index contributed by atoms with van der Waals surface area (Å²) >= 11 is 0. The van der Waals surface area contributed by atoms with Crippen LogP contribution in [0, 0.1) is 5.82 Å². The Kier molecular flexibility index (Phi) is 6.24. The number of benzene rings is 2. The summed E-state index contributed by atoms with van der Waals surface area (Å²) in [6.45, 7) is 1.63. The van der Waals surface area contributed by atoms with Gasteiger partial charge in [0.1, 0.15) is 18.2 Å². The average molecular weight is 392 g/mol. The number of rotatable bonds is 7. The number of halogens is 3. The zero-order chi connectivity index (χ0) is 20.1. The SMILES string of the molecule is CC(NC(=O)[C@H]1CC(F)(F)CN1CCOc1ccc(F)cc1)c1ccccc1. The normalized spacial score (nSPS) is 19.9. The lowest BCUT2D eigenvalue weighted by molar-refractivity contribution is -0.126. The van der Waals surface area contributed by atoms with Crippen LogP contribution in [0.4, 0.5) is 13.2 Å². The fourth-order valence-electron chi connectivity index (χ4n) is 3.32. The van der Waals surface area contributed by atoms with E-state index in [4.69, 9.17) is 4.74 Å². The fourth-order valence-corrected chi connectivity index (χ4v) is 3.32. The first-order valence-electron chi connectivity index (χ1n) is 9.20. The Bertz CT molecular complexity index is 784. The van der Waals surface area contributed by atoms with Gasteiger partial charge in [0, 0.05) is 13.0 Å². The minimum atomic E-state index is -2.92. The van der Waals surface area contributed by atoms with Crippen LogP contribution in [0.5, 0.6) is 5.75 Å². The lowest BCUT2D eigenvalue weighted by atomic mass is 10.1. The van der Waals surface area contributed by atoms with Gasteiger partial charge < -0.3 is 10.1 Å². The summed E-state index contributed by atoms with van der Waals surface area (Å²) < 4.78 is 46.3. The number of amides is 1. The van der Waals surface area contributed by atoms with E-state index in [0.717, 1.165) is 5.56 Å². The van der Waals surface area contributed by atoms with Gasteiger partial charge in [-0.3, -0.25) is 9.69 Å². The highest BCUT2D eigenvalue weighted by Crippen LogP contribution is 2.32. The Morgan fingerprint density at radius 3 is 2.57 bits per heavy atom. The van der Waals surface area contributed by atoms with Gasteiger partial charge in [0.25, 0.3) is 5.92 Å². The number of carbonyl (C=O) groups excluding carboxylic acids is 1. The number of ether oxygens (including phenoxy) is 1. The summed E-state index contributed by atoms with van der Waals surface area (Å²) in [7, 11) is 0. The van der Waals surface area contributed by atoms with Crippen molar-refractivity contribution in [2.45, 2.75) is 31.4 Å². The minimum absolute atomic E-state index is 0.125. The summed E-state index contributed by atoms with van der Waals surface area (Å²) in [5.41, 5.74) is 0.909. The van der Waals surface area contributed by atoms with Crippen molar-refractivity contribution in [3.05, 3.63) is 66.0 Å². The number of hydrogen-bond acceptors (Lipinski definition) is 3. The van der Waals surface area contributed by atoms with Crippen LogP contribution in [-0.2, 0) is 4.79 Å². The zero-order valence-corrected chi connectivity index (χ0v) is 15.6. The van der Waals surface area contributed by atoms with Crippen LogP contribution in [-0.4, -0.2) is 42.5 Å². The molecular weight excluding hydrogens is 369 g/mol. The van der Waals surface area contributed by atoms with Gasteiger partial charge in [-0.15, -0.1) is 0 Å². The molecule has 7 heteroatoms. The number of alkyl halides is 2. The molecule has 0 aliphatic carbocycles. The quantitative estimate of drug-likeness (QED) is 0.780. The van der Waals surface area contributed by atoms with Crippen LogP contribution in [0.3, 0.4) is 0 Å². The van der Waals surface area contributed by atoms with Gasteiger partial charge in [0.2, 0.25) is 5.91 Å². The van der Waals surface area contributed by atoms with Crippen LogP contribution in [0.25, 0.3) is 0 Å². The number of hydrogen-bond donors (Lipinski definition) is 1. The molecule has 1 N–H and O–H groups in total. The molecule has 2 aromatic carbocycles. The van der Waals surface area contributed by atoms with Crippen molar-refractivity contribution >= 4 is 5.91 Å². The largest absolute Gasteiger partial charge is 0.492 e. The second kappa shape index (κ2) is 8.65. The highest BCUT2D eigenvalue weighted by atomic mass is 19.3. The molecule has 1 saturated heterocycles. The van der Waals surface area contributed by atoms with Gasteiger partial charge in [-0.2, -0.15) is 0 Å². The van der Waals surface area contributed by atoms with E-state index in [0.29, 0.717) is 5.75 Å². The van der Waals surface area contributed by atoms with Crippen molar-refractivity contribution in [3.8, 4) is 5.75 Å². The van der Waals surface area contributed by atoms with Gasteiger partial charge >= 0.3 is 0 Å². The molecule has 4 nitrogen and oxygen atoms in total. The van der Waals surface area contributed by atoms with E-state index in [-0.39, 0.29) is 25.0 Å². The molecule has 150 valence electrons. The van der Waals surface area contributed by atoms with E-state index >= 15 is 0 Å².